The number of hydrogen-bond donors (Lipinski definition) is 0. The van der Waals surface area contributed by atoms with Gasteiger partial charge in [-0.05, 0) is 6.92 Å². The largest absolute Gasteiger partial charge is 1.00 e. The van der Waals surface area contributed by atoms with Crippen LogP contribution in [0.2, 0.25) is 0 Å². The van der Waals surface area contributed by atoms with Crippen LogP contribution in [0.4, 0.5) is 0 Å². The molecule has 1 aromatic rings. The van der Waals surface area contributed by atoms with E-state index < -0.39 is 0 Å². The monoisotopic (exact) mass is 140 g/mol. The molecule has 52 valence electrons. The molecule has 1 fully saturated rings. The summed E-state index contributed by atoms with van der Waals surface area (Å²) in [4.78, 5) is 0. The fourth-order valence-electron chi connectivity index (χ4n) is 1.10. The first-order valence-electron chi connectivity index (χ1n) is 3.50. The molecular formula is C9H9LiO. The molecule has 1 aliphatic heterocycles. The van der Waals surface area contributed by atoms with Crippen molar-refractivity contribution in [2.24, 2.45) is 0 Å². The molecule has 2 heteroatoms. The third-order valence-electron chi connectivity index (χ3n) is 1.75. The summed E-state index contributed by atoms with van der Waals surface area (Å²) in [6.45, 7) is 2.07. The molecular weight excluding hydrogens is 131 g/mol. The van der Waals surface area contributed by atoms with Gasteiger partial charge in [-0.15, -0.1) is 5.56 Å². The average molecular weight is 140 g/mol. The van der Waals surface area contributed by atoms with Crippen molar-refractivity contribution in [3.63, 3.8) is 0 Å². The van der Waals surface area contributed by atoms with Crippen molar-refractivity contribution < 1.29 is 23.6 Å². The van der Waals surface area contributed by atoms with Crippen LogP contribution in [0.3, 0.4) is 0 Å². The molecule has 0 unspecified atom stereocenters. The molecule has 11 heavy (non-hydrogen) atoms. The predicted octanol–water partition coefficient (Wildman–Crippen LogP) is -1.05. The molecule has 0 spiro atoms. The predicted molar refractivity (Wildman–Crippen MR) is 38.6 cm³/mol. The fourth-order valence-corrected chi connectivity index (χ4v) is 1.10. The molecule has 0 N–H and O–H groups in total. The molecule has 0 saturated carbocycles. The van der Waals surface area contributed by atoms with Crippen molar-refractivity contribution in [3.05, 3.63) is 35.9 Å². The van der Waals surface area contributed by atoms with Gasteiger partial charge >= 0.3 is 18.9 Å². The maximum absolute atomic E-state index is 5.27. The van der Waals surface area contributed by atoms with Crippen LogP contribution in [0, 0.1) is 6.07 Å². The minimum absolute atomic E-state index is 0. The quantitative estimate of drug-likeness (QED) is 0.275. The minimum atomic E-state index is 0. The van der Waals surface area contributed by atoms with E-state index in [1.54, 1.807) is 0 Å². The van der Waals surface area contributed by atoms with Gasteiger partial charge in [0, 0.05) is 0 Å². The van der Waals surface area contributed by atoms with Crippen molar-refractivity contribution in [2.75, 3.05) is 0 Å². The van der Waals surface area contributed by atoms with Gasteiger partial charge < -0.3 is 4.74 Å². The molecule has 1 aliphatic rings. The summed E-state index contributed by atoms with van der Waals surface area (Å²) < 4.78 is 5.27. The Morgan fingerprint density at radius 2 is 2.18 bits per heavy atom. The molecule has 0 aromatic heterocycles. The second kappa shape index (κ2) is 3.45. The molecule has 0 bridgehead atoms. The Morgan fingerprint density at radius 3 is 2.64 bits per heavy atom. The van der Waals surface area contributed by atoms with Gasteiger partial charge in [-0.1, -0.05) is 0 Å². The van der Waals surface area contributed by atoms with E-state index in [9.17, 15) is 0 Å². The number of benzene rings is 1. The Balaban J connectivity index is 0.000000605. The van der Waals surface area contributed by atoms with E-state index in [2.05, 4.69) is 13.0 Å². The summed E-state index contributed by atoms with van der Waals surface area (Å²) in [5.74, 6) is 0. The van der Waals surface area contributed by atoms with Crippen LogP contribution in [-0.2, 0) is 4.74 Å². The molecule has 1 heterocycles. The first-order valence-corrected chi connectivity index (χ1v) is 3.50. The number of rotatable bonds is 1. The van der Waals surface area contributed by atoms with Crippen LogP contribution in [0.15, 0.2) is 24.3 Å². The van der Waals surface area contributed by atoms with Crippen molar-refractivity contribution in [2.45, 2.75) is 19.1 Å². The van der Waals surface area contributed by atoms with Crippen LogP contribution < -0.4 is 18.9 Å². The maximum atomic E-state index is 5.27. The molecule has 2 rings (SSSR count). The standard InChI is InChI=1S/C9H9O.Li/c1-7-9(10-7)8-5-3-2-4-6-8;/h2-5,7,9H,1H3;/q-1;+1/t7-,9+;/m1./s1. The Kier molecular flexibility index (Phi) is 2.78. The number of ether oxygens (including phenoxy) is 1. The molecule has 2 atom stereocenters. The summed E-state index contributed by atoms with van der Waals surface area (Å²) in [6, 6.07) is 11.1. The molecule has 0 aliphatic carbocycles. The smallest absolute Gasteiger partial charge is 0.367 e. The zero-order chi connectivity index (χ0) is 6.97. The third-order valence-corrected chi connectivity index (χ3v) is 1.75. The zero-order valence-corrected chi connectivity index (χ0v) is 6.87. The van der Waals surface area contributed by atoms with E-state index in [1.807, 2.05) is 24.3 Å². The van der Waals surface area contributed by atoms with Gasteiger partial charge in [0.15, 0.2) is 0 Å². The molecule has 1 saturated heterocycles. The van der Waals surface area contributed by atoms with Gasteiger partial charge in [0.1, 0.15) is 0 Å². The van der Waals surface area contributed by atoms with Crippen LogP contribution in [-0.4, -0.2) is 6.10 Å². The molecule has 1 aromatic carbocycles. The molecule has 1 nitrogen and oxygen atoms in total. The second-order valence-corrected chi connectivity index (χ2v) is 2.58. The molecule has 0 amide bonds. The summed E-state index contributed by atoms with van der Waals surface area (Å²) >= 11 is 0. The summed E-state index contributed by atoms with van der Waals surface area (Å²) in [5.41, 5.74) is 1.18. The topological polar surface area (TPSA) is 12.5 Å². The summed E-state index contributed by atoms with van der Waals surface area (Å²) in [6.07, 6.45) is 0.722. The van der Waals surface area contributed by atoms with E-state index in [-0.39, 0.29) is 18.9 Å². The van der Waals surface area contributed by atoms with Gasteiger partial charge in [0.25, 0.3) is 0 Å². The van der Waals surface area contributed by atoms with Crippen molar-refractivity contribution in [3.8, 4) is 0 Å². The Bertz CT molecular complexity index is 222. The van der Waals surface area contributed by atoms with E-state index in [0.29, 0.717) is 12.2 Å². The fraction of sp³-hybridized carbons (Fsp3) is 0.333. The molecule has 0 radical (unpaired) electrons. The Morgan fingerprint density at radius 1 is 1.45 bits per heavy atom. The maximum Gasteiger partial charge on any atom is 1.00 e. The Hall–Kier alpha value is -0.223. The van der Waals surface area contributed by atoms with Gasteiger partial charge in [0.2, 0.25) is 0 Å². The van der Waals surface area contributed by atoms with Gasteiger partial charge in [-0.25, -0.2) is 0 Å². The van der Waals surface area contributed by atoms with E-state index >= 15 is 0 Å². The van der Waals surface area contributed by atoms with Crippen molar-refractivity contribution in [1.29, 1.82) is 0 Å². The van der Waals surface area contributed by atoms with Crippen LogP contribution in [0.1, 0.15) is 18.6 Å². The van der Waals surface area contributed by atoms with E-state index in [4.69, 9.17) is 4.74 Å². The van der Waals surface area contributed by atoms with Gasteiger partial charge in [0.05, 0.1) is 12.2 Å². The number of epoxide rings is 1. The van der Waals surface area contributed by atoms with Crippen molar-refractivity contribution >= 4 is 0 Å². The normalized spacial score (nSPS) is 27.4. The summed E-state index contributed by atoms with van der Waals surface area (Å²) in [5, 5.41) is 0. The zero-order valence-electron chi connectivity index (χ0n) is 6.87. The second-order valence-electron chi connectivity index (χ2n) is 2.58. The van der Waals surface area contributed by atoms with E-state index in [1.165, 1.54) is 5.56 Å². The summed E-state index contributed by atoms with van der Waals surface area (Å²) in [7, 11) is 0. The van der Waals surface area contributed by atoms with Gasteiger partial charge in [-0.3, -0.25) is 0 Å². The van der Waals surface area contributed by atoms with Crippen LogP contribution in [0.25, 0.3) is 0 Å². The third kappa shape index (κ3) is 1.87. The Labute approximate surface area is 78.9 Å². The first kappa shape index (κ1) is 8.87. The van der Waals surface area contributed by atoms with E-state index in [0.717, 1.165) is 0 Å². The SMILES string of the molecule is C[C@H]1O[C@@H]1c1[c-]cccc1.[Li+]. The van der Waals surface area contributed by atoms with Crippen LogP contribution in [0.5, 0.6) is 0 Å². The number of hydrogen-bond acceptors (Lipinski definition) is 1. The minimum Gasteiger partial charge on any atom is -0.367 e. The average Bonchev–Trinajstić information content (AvgIpc) is 2.69. The van der Waals surface area contributed by atoms with Crippen molar-refractivity contribution in [1.82, 2.24) is 0 Å². The van der Waals surface area contributed by atoms with Gasteiger partial charge in [-0.2, -0.15) is 30.3 Å². The van der Waals surface area contributed by atoms with Crippen LogP contribution >= 0.6 is 0 Å². The first-order chi connectivity index (χ1) is 4.88.